The summed E-state index contributed by atoms with van der Waals surface area (Å²) in [4.78, 5) is 24.6. The standard InChI is InChI=1S/C11H16N2O3/c1-2-16-5-3-4-12-11(15)10-6-9(8-14)7-13-10/h6-8,13H,2-5H2,1H3,(H,12,15). The highest BCUT2D eigenvalue weighted by atomic mass is 16.5. The zero-order chi connectivity index (χ0) is 11.8. The molecule has 88 valence electrons. The number of H-pyrrole nitrogens is 1. The fraction of sp³-hybridized carbons (Fsp3) is 0.455. The number of rotatable bonds is 7. The molecule has 5 nitrogen and oxygen atoms in total. The molecule has 1 aromatic rings. The molecule has 0 aliphatic rings. The average molecular weight is 224 g/mol. The van der Waals surface area contributed by atoms with Crippen LogP contribution in [0.5, 0.6) is 0 Å². The third-order valence-corrected chi connectivity index (χ3v) is 2.04. The summed E-state index contributed by atoms with van der Waals surface area (Å²) in [6.07, 6.45) is 2.98. The van der Waals surface area contributed by atoms with Gasteiger partial charge in [-0.05, 0) is 19.4 Å². The summed E-state index contributed by atoms with van der Waals surface area (Å²) in [6.45, 7) is 3.82. The summed E-state index contributed by atoms with van der Waals surface area (Å²) in [5, 5.41) is 2.73. The number of nitrogens with one attached hydrogen (secondary N) is 2. The summed E-state index contributed by atoms with van der Waals surface area (Å²) in [6, 6.07) is 1.52. The lowest BCUT2D eigenvalue weighted by atomic mass is 10.3. The van der Waals surface area contributed by atoms with Crippen molar-refractivity contribution < 1.29 is 14.3 Å². The van der Waals surface area contributed by atoms with Crippen molar-refractivity contribution in [1.82, 2.24) is 10.3 Å². The van der Waals surface area contributed by atoms with E-state index in [2.05, 4.69) is 10.3 Å². The van der Waals surface area contributed by atoms with Gasteiger partial charge in [-0.15, -0.1) is 0 Å². The van der Waals surface area contributed by atoms with Gasteiger partial charge in [0, 0.05) is 31.5 Å². The Balaban J connectivity index is 2.27. The molecule has 0 aliphatic carbocycles. The second-order valence-corrected chi connectivity index (χ2v) is 3.27. The molecule has 16 heavy (non-hydrogen) atoms. The van der Waals surface area contributed by atoms with Crippen LogP contribution in [0.1, 0.15) is 34.2 Å². The smallest absolute Gasteiger partial charge is 0.267 e. The first-order valence-corrected chi connectivity index (χ1v) is 5.27. The summed E-state index contributed by atoms with van der Waals surface area (Å²) in [5.41, 5.74) is 0.873. The van der Waals surface area contributed by atoms with E-state index in [4.69, 9.17) is 4.74 Å². The Morgan fingerprint density at radius 3 is 3.06 bits per heavy atom. The molecule has 0 atom stereocenters. The van der Waals surface area contributed by atoms with Crippen LogP contribution in [-0.4, -0.2) is 36.9 Å². The fourth-order valence-electron chi connectivity index (χ4n) is 1.23. The monoisotopic (exact) mass is 224 g/mol. The van der Waals surface area contributed by atoms with Gasteiger partial charge in [-0.3, -0.25) is 9.59 Å². The number of aromatic nitrogens is 1. The second kappa shape index (κ2) is 6.79. The van der Waals surface area contributed by atoms with Crippen LogP contribution in [0.15, 0.2) is 12.3 Å². The van der Waals surface area contributed by atoms with Crippen molar-refractivity contribution in [2.45, 2.75) is 13.3 Å². The Morgan fingerprint density at radius 1 is 1.62 bits per heavy atom. The predicted octanol–water partition coefficient (Wildman–Crippen LogP) is 0.984. The molecular weight excluding hydrogens is 208 g/mol. The van der Waals surface area contributed by atoms with Gasteiger partial charge < -0.3 is 15.0 Å². The number of aromatic amines is 1. The molecule has 5 heteroatoms. The maximum absolute atomic E-state index is 11.5. The minimum atomic E-state index is -0.204. The highest BCUT2D eigenvalue weighted by molar-refractivity contribution is 5.94. The number of hydrogen-bond donors (Lipinski definition) is 2. The van der Waals surface area contributed by atoms with Crippen LogP contribution in [-0.2, 0) is 4.74 Å². The quantitative estimate of drug-likeness (QED) is 0.536. The van der Waals surface area contributed by atoms with E-state index in [1.54, 1.807) is 0 Å². The summed E-state index contributed by atoms with van der Waals surface area (Å²) < 4.78 is 5.14. The van der Waals surface area contributed by atoms with E-state index in [-0.39, 0.29) is 5.91 Å². The Labute approximate surface area is 94.2 Å². The van der Waals surface area contributed by atoms with Gasteiger partial charge in [0.15, 0.2) is 6.29 Å². The van der Waals surface area contributed by atoms with Crippen molar-refractivity contribution in [2.24, 2.45) is 0 Å². The maximum Gasteiger partial charge on any atom is 0.267 e. The van der Waals surface area contributed by atoms with Crippen LogP contribution in [0.3, 0.4) is 0 Å². The van der Waals surface area contributed by atoms with Crippen molar-refractivity contribution in [3.63, 3.8) is 0 Å². The molecule has 1 heterocycles. The second-order valence-electron chi connectivity index (χ2n) is 3.27. The normalized spacial score (nSPS) is 10.1. The minimum absolute atomic E-state index is 0.204. The maximum atomic E-state index is 11.5. The van der Waals surface area contributed by atoms with Gasteiger partial charge in [-0.2, -0.15) is 0 Å². The van der Waals surface area contributed by atoms with Crippen LogP contribution >= 0.6 is 0 Å². The number of amides is 1. The highest BCUT2D eigenvalue weighted by Gasteiger charge is 2.06. The lowest BCUT2D eigenvalue weighted by Crippen LogP contribution is -2.25. The van der Waals surface area contributed by atoms with E-state index in [0.717, 1.165) is 6.42 Å². The lowest BCUT2D eigenvalue weighted by Gasteiger charge is -2.03. The first-order chi connectivity index (χ1) is 7.77. The predicted molar refractivity (Wildman–Crippen MR) is 59.6 cm³/mol. The van der Waals surface area contributed by atoms with Gasteiger partial charge in [-0.1, -0.05) is 0 Å². The number of carbonyl (C=O) groups is 2. The van der Waals surface area contributed by atoms with Gasteiger partial charge in [0.2, 0.25) is 0 Å². The molecule has 0 spiro atoms. The molecule has 2 N–H and O–H groups in total. The van der Waals surface area contributed by atoms with Gasteiger partial charge in [-0.25, -0.2) is 0 Å². The Bertz CT molecular complexity index is 347. The first-order valence-electron chi connectivity index (χ1n) is 5.27. The number of carbonyl (C=O) groups excluding carboxylic acids is 2. The number of ether oxygens (including phenoxy) is 1. The fourth-order valence-corrected chi connectivity index (χ4v) is 1.23. The Morgan fingerprint density at radius 2 is 2.44 bits per heavy atom. The minimum Gasteiger partial charge on any atom is -0.382 e. The third kappa shape index (κ3) is 3.86. The lowest BCUT2D eigenvalue weighted by molar-refractivity contribution is 0.0940. The van der Waals surface area contributed by atoms with Crippen molar-refractivity contribution in [3.8, 4) is 0 Å². The zero-order valence-corrected chi connectivity index (χ0v) is 9.29. The molecule has 0 saturated heterocycles. The summed E-state index contributed by atoms with van der Waals surface area (Å²) >= 11 is 0. The van der Waals surface area contributed by atoms with Crippen LogP contribution in [0.2, 0.25) is 0 Å². The Kier molecular flexibility index (Phi) is 5.28. The van der Waals surface area contributed by atoms with E-state index in [1.807, 2.05) is 6.92 Å². The largest absolute Gasteiger partial charge is 0.382 e. The van der Waals surface area contributed by atoms with E-state index in [1.165, 1.54) is 12.3 Å². The van der Waals surface area contributed by atoms with Crippen LogP contribution in [0.25, 0.3) is 0 Å². The van der Waals surface area contributed by atoms with Gasteiger partial charge in [0.05, 0.1) is 0 Å². The third-order valence-electron chi connectivity index (χ3n) is 2.04. The molecule has 0 unspecified atom stereocenters. The molecule has 0 bridgehead atoms. The van der Waals surface area contributed by atoms with E-state index < -0.39 is 0 Å². The molecule has 0 aliphatic heterocycles. The van der Waals surface area contributed by atoms with E-state index >= 15 is 0 Å². The molecular formula is C11H16N2O3. The van der Waals surface area contributed by atoms with Gasteiger partial charge in [0.1, 0.15) is 5.69 Å². The molecule has 0 aromatic carbocycles. The zero-order valence-electron chi connectivity index (χ0n) is 9.29. The summed E-state index contributed by atoms with van der Waals surface area (Å²) in [5.74, 6) is -0.204. The van der Waals surface area contributed by atoms with Crippen molar-refractivity contribution in [3.05, 3.63) is 23.5 Å². The molecule has 1 aromatic heterocycles. The van der Waals surface area contributed by atoms with Crippen molar-refractivity contribution in [2.75, 3.05) is 19.8 Å². The molecule has 0 fully saturated rings. The Hall–Kier alpha value is -1.62. The van der Waals surface area contributed by atoms with Crippen LogP contribution < -0.4 is 5.32 Å². The van der Waals surface area contributed by atoms with Crippen LogP contribution in [0, 0.1) is 0 Å². The van der Waals surface area contributed by atoms with E-state index in [9.17, 15) is 9.59 Å². The SMILES string of the molecule is CCOCCCNC(=O)c1cc(C=O)c[nH]1. The summed E-state index contributed by atoms with van der Waals surface area (Å²) in [7, 11) is 0. The first kappa shape index (κ1) is 12.4. The molecule has 0 radical (unpaired) electrons. The molecule has 1 amide bonds. The topological polar surface area (TPSA) is 71.2 Å². The average Bonchev–Trinajstić information content (AvgIpc) is 2.77. The van der Waals surface area contributed by atoms with Gasteiger partial charge in [0.25, 0.3) is 5.91 Å². The number of hydrogen-bond acceptors (Lipinski definition) is 3. The molecule has 1 rings (SSSR count). The van der Waals surface area contributed by atoms with Crippen molar-refractivity contribution in [1.29, 1.82) is 0 Å². The highest BCUT2D eigenvalue weighted by Crippen LogP contribution is 2.00. The molecule has 0 saturated carbocycles. The van der Waals surface area contributed by atoms with E-state index in [0.29, 0.717) is 37.3 Å². The van der Waals surface area contributed by atoms with Crippen molar-refractivity contribution >= 4 is 12.2 Å². The van der Waals surface area contributed by atoms with Gasteiger partial charge >= 0.3 is 0 Å². The number of aldehydes is 1. The van der Waals surface area contributed by atoms with Crippen LogP contribution in [0.4, 0.5) is 0 Å².